The monoisotopic (exact) mass is 231 g/mol. The topological polar surface area (TPSA) is 64.6 Å². The van der Waals surface area contributed by atoms with E-state index >= 15 is 0 Å². The second kappa shape index (κ2) is 5.84. The number of hydroxylamine groups is 1. The van der Waals surface area contributed by atoms with Crippen LogP contribution in [-0.2, 0) is 14.4 Å². The highest BCUT2D eigenvalue weighted by atomic mass is 16.7. The van der Waals surface area contributed by atoms with Gasteiger partial charge in [-0.15, -0.1) is 0 Å². The van der Waals surface area contributed by atoms with Gasteiger partial charge in [-0.3, -0.25) is 4.84 Å². The van der Waals surface area contributed by atoms with Crippen molar-refractivity contribution in [3.05, 3.63) is 0 Å². The lowest BCUT2D eigenvalue weighted by Crippen LogP contribution is -2.35. The Morgan fingerprint density at radius 3 is 2.25 bits per heavy atom. The maximum Gasteiger partial charge on any atom is 0.431 e. The largest absolute Gasteiger partial charge is 0.442 e. The smallest absolute Gasteiger partial charge is 0.431 e. The molecule has 0 saturated heterocycles. The summed E-state index contributed by atoms with van der Waals surface area (Å²) in [5, 5.41) is 0. The third-order valence-corrected chi connectivity index (χ3v) is 1.65. The van der Waals surface area contributed by atoms with Crippen molar-refractivity contribution in [2.45, 2.75) is 46.6 Å². The molecule has 0 aromatic rings. The highest BCUT2D eigenvalue weighted by Gasteiger charge is 2.20. The van der Waals surface area contributed by atoms with E-state index in [1.807, 2.05) is 13.8 Å². The minimum Gasteiger partial charge on any atom is -0.442 e. The molecular weight excluding hydrogens is 210 g/mol. The summed E-state index contributed by atoms with van der Waals surface area (Å²) in [6.45, 7) is 9.30. The number of nitrogens with one attached hydrogen (secondary N) is 1. The average molecular weight is 231 g/mol. The zero-order valence-electron chi connectivity index (χ0n) is 10.6. The van der Waals surface area contributed by atoms with E-state index < -0.39 is 11.7 Å². The fourth-order valence-corrected chi connectivity index (χ4v) is 0.874. The number of carbonyl (C=O) groups excluding carboxylic acids is 2. The highest BCUT2D eigenvalue weighted by Crippen LogP contribution is 2.18. The van der Waals surface area contributed by atoms with Crippen LogP contribution in [-0.4, -0.2) is 24.6 Å². The van der Waals surface area contributed by atoms with E-state index in [0.29, 0.717) is 6.42 Å². The quantitative estimate of drug-likeness (QED) is 0.581. The van der Waals surface area contributed by atoms with Crippen LogP contribution in [0.2, 0.25) is 0 Å². The first-order valence-electron chi connectivity index (χ1n) is 5.21. The van der Waals surface area contributed by atoms with Gasteiger partial charge in [0.25, 0.3) is 0 Å². The van der Waals surface area contributed by atoms with Crippen LogP contribution in [0, 0.1) is 5.41 Å². The maximum absolute atomic E-state index is 11.2. The normalized spacial score (nSPS) is 12.1. The van der Waals surface area contributed by atoms with Gasteiger partial charge in [0.1, 0.15) is 11.9 Å². The summed E-state index contributed by atoms with van der Waals surface area (Å²) in [4.78, 5) is 26.5. The van der Waals surface area contributed by atoms with Crippen LogP contribution in [0.5, 0.6) is 0 Å². The summed E-state index contributed by atoms with van der Waals surface area (Å²) in [7, 11) is 0. The molecule has 1 N–H and O–H groups in total. The van der Waals surface area contributed by atoms with Crippen molar-refractivity contribution >= 4 is 12.4 Å². The summed E-state index contributed by atoms with van der Waals surface area (Å²) in [5.74, 6) is 0. The van der Waals surface area contributed by atoms with Crippen LogP contribution in [0.15, 0.2) is 0 Å². The number of rotatable bonds is 5. The number of aldehydes is 1. The van der Waals surface area contributed by atoms with E-state index in [-0.39, 0.29) is 12.0 Å². The molecule has 0 bridgehead atoms. The molecule has 0 aliphatic heterocycles. The SMILES string of the molecule is CC(C)(CC=O)CONC(=O)OC(C)(C)C. The molecule has 0 fully saturated rings. The number of carbonyl (C=O) groups is 2. The lowest BCUT2D eigenvalue weighted by atomic mass is 9.91. The Morgan fingerprint density at radius 2 is 1.81 bits per heavy atom. The molecule has 0 aromatic carbocycles. The Labute approximate surface area is 96.4 Å². The van der Waals surface area contributed by atoms with Crippen LogP contribution in [0.4, 0.5) is 4.79 Å². The molecule has 0 aliphatic rings. The van der Waals surface area contributed by atoms with E-state index in [0.717, 1.165) is 6.29 Å². The third-order valence-electron chi connectivity index (χ3n) is 1.65. The van der Waals surface area contributed by atoms with Crippen molar-refractivity contribution in [2.24, 2.45) is 5.41 Å². The van der Waals surface area contributed by atoms with Crippen molar-refractivity contribution < 1.29 is 19.2 Å². The van der Waals surface area contributed by atoms with E-state index in [2.05, 4.69) is 5.48 Å². The highest BCUT2D eigenvalue weighted by molar-refractivity contribution is 5.66. The minimum absolute atomic E-state index is 0.255. The predicted octanol–water partition coefficient (Wildman–Crippen LogP) is 2.06. The van der Waals surface area contributed by atoms with E-state index in [1.54, 1.807) is 20.8 Å². The Kier molecular flexibility index (Phi) is 5.44. The van der Waals surface area contributed by atoms with Gasteiger partial charge < -0.3 is 9.53 Å². The molecule has 0 aromatic heterocycles. The second-order valence-corrected chi connectivity index (χ2v) is 5.43. The summed E-state index contributed by atoms with van der Waals surface area (Å²) in [6.07, 6.45) is 0.578. The lowest BCUT2D eigenvalue weighted by Gasteiger charge is -2.23. The molecule has 0 spiro atoms. The van der Waals surface area contributed by atoms with Gasteiger partial charge in [-0.1, -0.05) is 13.8 Å². The molecule has 5 nitrogen and oxygen atoms in total. The number of hydrogen-bond donors (Lipinski definition) is 1. The molecule has 0 unspecified atom stereocenters. The van der Waals surface area contributed by atoms with Crippen LogP contribution in [0.1, 0.15) is 41.0 Å². The molecule has 94 valence electrons. The van der Waals surface area contributed by atoms with Gasteiger partial charge in [-0.25, -0.2) is 4.79 Å². The Hall–Kier alpha value is -1.10. The predicted molar refractivity (Wildman–Crippen MR) is 59.8 cm³/mol. The molecule has 0 aliphatic carbocycles. The van der Waals surface area contributed by atoms with Crippen LogP contribution >= 0.6 is 0 Å². The second-order valence-electron chi connectivity index (χ2n) is 5.43. The molecule has 0 rings (SSSR count). The fraction of sp³-hybridized carbons (Fsp3) is 0.818. The Bertz CT molecular complexity index is 243. The zero-order valence-corrected chi connectivity index (χ0v) is 10.6. The minimum atomic E-state index is -0.630. The zero-order chi connectivity index (χ0) is 12.8. The van der Waals surface area contributed by atoms with Gasteiger partial charge in [0.05, 0.1) is 6.61 Å². The lowest BCUT2D eigenvalue weighted by molar-refractivity contribution is -0.111. The number of amides is 1. The molecule has 1 amide bonds. The average Bonchev–Trinajstić information content (AvgIpc) is 1.99. The Balaban J connectivity index is 3.82. The fourth-order valence-electron chi connectivity index (χ4n) is 0.874. The molecule has 0 atom stereocenters. The first-order chi connectivity index (χ1) is 7.16. The van der Waals surface area contributed by atoms with Crippen molar-refractivity contribution in [3.63, 3.8) is 0 Å². The molecule has 0 saturated carbocycles. The van der Waals surface area contributed by atoms with Gasteiger partial charge in [-0.2, -0.15) is 5.48 Å². The van der Waals surface area contributed by atoms with Crippen LogP contribution in [0.25, 0.3) is 0 Å². The van der Waals surface area contributed by atoms with Gasteiger partial charge >= 0.3 is 6.09 Å². The van der Waals surface area contributed by atoms with Crippen molar-refractivity contribution in [1.82, 2.24) is 5.48 Å². The summed E-state index contributed by atoms with van der Waals surface area (Å²) in [5.41, 5.74) is 1.33. The summed E-state index contributed by atoms with van der Waals surface area (Å²) in [6, 6.07) is 0. The molecule has 0 radical (unpaired) electrons. The van der Waals surface area contributed by atoms with E-state index in [1.165, 1.54) is 0 Å². The number of ether oxygens (including phenoxy) is 1. The maximum atomic E-state index is 11.2. The first-order valence-corrected chi connectivity index (χ1v) is 5.21. The van der Waals surface area contributed by atoms with Gasteiger partial charge in [-0.05, 0) is 26.2 Å². The third kappa shape index (κ3) is 8.23. The first kappa shape index (κ1) is 14.9. The van der Waals surface area contributed by atoms with Gasteiger partial charge in [0.15, 0.2) is 0 Å². The van der Waals surface area contributed by atoms with E-state index in [9.17, 15) is 9.59 Å². The molecule has 0 heterocycles. The molecular formula is C11H21NO4. The summed E-state index contributed by atoms with van der Waals surface area (Å²) < 4.78 is 4.97. The molecule has 5 heteroatoms. The number of hydrogen-bond acceptors (Lipinski definition) is 4. The standard InChI is InChI=1S/C11H21NO4/c1-10(2,3)16-9(14)12-15-8-11(4,5)6-7-13/h7H,6,8H2,1-5H3,(H,12,14). The summed E-state index contributed by atoms with van der Waals surface area (Å²) >= 11 is 0. The van der Waals surface area contributed by atoms with Crippen molar-refractivity contribution in [1.29, 1.82) is 0 Å². The van der Waals surface area contributed by atoms with Crippen molar-refractivity contribution in [2.75, 3.05) is 6.61 Å². The van der Waals surface area contributed by atoms with E-state index in [4.69, 9.17) is 9.57 Å². The Morgan fingerprint density at radius 1 is 1.25 bits per heavy atom. The molecule has 16 heavy (non-hydrogen) atoms. The van der Waals surface area contributed by atoms with Gasteiger partial charge in [0, 0.05) is 6.42 Å². The van der Waals surface area contributed by atoms with Crippen LogP contribution < -0.4 is 5.48 Å². The van der Waals surface area contributed by atoms with Crippen LogP contribution in [0.3, 0.4) is 0 Å². The van der Waals surface area contributed by atoms with Crippen molar-refractivity contribution in [3.8, 4) is 0 Å². The van der Waals surface area contributed by atoms with Gasteiger partial charge in [0.2, 0.25) is 0 Å².